The Morgan fingerprint density at radius 1 is 1.20 bits per heavy atom. The fraction of sp³-hybridized carbons (Fsp3) is 0.562. The Labute approximate surface area is 121 Å². The van der Waals surface area contributed by atoms with Gasteiger partial charge >= 0.3 is 6.09 Å². The fourth-order valence-corrected chi connectivity index (χ4v) is 1.66. The van der Waals surface area contributed by atoms with Gasteiger partial charge in [0.25, 0.3) is 0 Å². The van der Waals surface area contributed by atoms with Crippen LogP contribution < -0.4 is 10.6 Å². The van der Waals surface area contributed by atoms with E-state index in [1.165, 1.54) is 0 Å². The van der Waals surface area contributed by atoms with Crippen molar-refractivity contribution in [2.75, 3.05) is 17.2 Å². The minimum absolute atomic E-state index is 0.435. The number of benzene rings is 1. The lowest BCUT2D eigenvalue weighted by molar-refractivity contribution is 0.0636. The second kappa shape index (κ2) is 7.17. The second-order valence-electron chi connectivity index (χ2n) is 6.28. The van der Waals surface area contributed by atoms with E-state index in [2.05, 4.69) is 24.5 Å². The van der Waals surface area contributed by atoms with Crippen LogP contribution in [0.3, 0.4) is 0 Å². The number of hydrogen-bond acceptors (Lipinski definition) is 3. The molecule has 4 heteroatoms. The minimum Gasteiger partial charge on any atom is -0.444 e. The lowest BCUT2D eigenvalue weighted by Crippen LogP contribution is -2.27. The number of amides is 1. The van der Waals surface area contributed by atoms with Crippen molar-refractivity contribution >= 4 is 17.5 Å². The van der Waals surface area contributed by atoms with E-state index in [0.29, 0.717) is 5.92 Å². The van der Waals surface area contributed by atoms with Crippen LogP contribution in [0.5, 0.6) is 0 Å². The normalized spacial score (nSPS) is 11.3. The molecule has 20 heavy (non-hydrogen) atoms. The third kappa shape index (κ3) is 6.45. The van der Waals surface area contributed by atoms with Crippen LogP contribution in [0.1, 0.15) is 41.0 Å². The molecule has 1 aromatic rings. The van der Waals surface area contributed by atoms with Crippen LogP contribution in [-0.2, 0) is 4.74 Å². The number of ether oxygens (including phenoxy) is 1. The van der Waals surface area contributed by atoms with Crippen LogP contribution in [-0.4, -0.2) is 18.2 Å². The number of carbonyl (C=O) groups excluding carboxylic acids is 1. The Hall–Kier alpha value is -1.71. The maximum Gasteiger partial charge on any atom is 0.412 e. The molecule has 0 atom stereocenters. The van der Waals surface area contributed by atoms with Crippen molar-refractivity contribution in [3.05, 3.63) is 24.3 Å². The highest BCUT2D eigenvalue weighted by Gasteiger charge is 2.16. The van der Waals surface area contributed by atoms with Gasteiger partial charge in [-0.15, -0.1) is 0 Å². The average Bonchev–Trinajstić information content (AvgIpc) is 2.28. The van der Waals surface area contributed by atoms with E-state index in [4.69, 9.17) is 4.74 Å². The van der Waals surface area contributed by atoms with Crippen molar-refractivity contribution in [3.63, 3.8) is 0 Å². The van der Waals surface area contributed by atoms with Gasteiger partial charge in [-0.1, -0.05) is 26.0 Å². The first-order chi connectivity index (χ1) is 9.28. The largest absolute Gasteiger partial charge is 0.444 e. The summed E-state index contributed by atoms with van der Waals surface area (Å²) in [5, 5.41) is 6.12. The summed E-state index contributed by atoms with van der Waals surface area (Å²) in [6, 6.07) is 7.65. The number of anilines is 2. The Bertz CT molecular complexity index is 436. The Kier molecular flexibility index (Phi) is 5.86. The highest BCUT2D eigenvalue weighted by molar-refractivity contribution is 5.89. The third-order valence-electron chi connectivity index (χ3n) is 2.60. The number of hydrogen-bond donors (Lipinski definition) is 2. The molecular weight excluding hydrogens is 252 g/mol. The minimum atomic E-state index is -0.496. The van der Waals surface area contributed by atoms with E-state index in [-0.39, 0.29) is 0 Å². The monoisotopic (exact) mass is 278 g/mol. The van der Waals surface area contributed by atoms with Crippen molar-refractivity contribution in [3.8, 4) is 0 Å². The van der Waals surface area contributed by atoms with E-state index < -0.39 is 11.7 Å². The lowest BCUT2D eigenvalue weighted by atomic mass is 10.1. The van der Waals surface area contributed by atoms with Gasteiger partial charge in [-0.2, -0.15) is 0 Å². The predicted octanol–water partition coefficient (Wildman–Crippen LogP) is 4.49. The van der Waals surface area contributed by atoms with E-state index in [1.807, 2.05) is 45.0 Å². The van der Waals surface area contributed by atoms with Gasteiger partial charge in [0.05, 0.1) is 11.4 Å². The Balaban J connectivity index is 2.63. The standard InChI is InChI=1S/C16H26N2O2/c1-12(2)10-11-17-13-8-6-7-9-14(13)18-15(19)20-16(3,4)5/h6-9,12,17H,10-11H2,1-5H3,(H,18,19). The van der Waals surface area contributed by atoms with Crippen LogP contribution in [0, 0.1) is 5.92 Å². The number of carbonyl (C=O) groups is 1. The topological polar surface area (TPSA) is 50.4 Å². The van der Waals surface area contributed by atoms with Gasteiger partial charge < -0.3 is 10.1 Å². The van der Waals surface area contributed by atoms with E-state index >= 15 is 0 Å². The molecule has 0 fully saturated rings. The van der Waals surface area contributed by atoms with E-state index in [1.54, 1.807) is 0 Å². The summed E-state index contributed by atoms with van der Waals surface area (Å²) in [7, 11) is 0. The summed E-state index contributed by atoms with van der Waals surface area (Å²) in [4.78, 5) is 11.8. The number of para-hydroxylation sites is 2. The van der Waals surface area contributed by atoms with E-state index in [0.717, 1.165) is 24.3 Å². The number of nitrogens with one attached hydrogen (secondary N) is 2. The SMILES string of the molecule is CC(C)CCNc1ccccc1NC(=O)OC(C)(C)C. The summed E-state index contributed by atoms with van der Waals surface area (Å²) in [6.07, 6.45) is 0.649. The molecule has 0 aromatic heterocycles. The highest BCUT2D eigenvalue weighted by atomic mass is 16.6. The molecule has 0 saturated carbocycles. The molecule has 0 aliphatic carbocycles. The van der Waals surface area contributed by atoms with Gasteiger partial charge in [0.1, 0.15) is 5.60 Å². The molecule has 0 saturated heterocycles. The maximum absolute atomic E-state index is 11.8. The molecular formula is C16H26N2O2. The van der Waals surface area contributed by atoms with Crippen molar-refractivity contribution in [1.29, 1.82) is 0 Å². The van der Waals surface area contributed by atoms with Gasteiger partial charge in [-0.05, 0) is 45.2 Å². The molecule has 0 heterocycles. The summed E-state index contributed by atoms with van der Waals surface area (Å²) < 4.78 is 5.26. The Morgan fingerprint density at radius 3 is 2.35 bits per heavy atom. The van der Waals surface area contributed by atoms with E-state index in [9.17, 15) is 4.79 Å². The summed E-state index contributed by atoms with van der Waals surface area (Å²) >= 11 is 0. The summed E-state index contributed by atoms with van der Waals surface area (Å²) in [5.74, 6) is 0.647. The van der Waals surface area contributed by atoms with Crippen LogP contribution in [0.15, 0.2) is 24.3 Å². The second-order valence-corrected chi connectivity index (χ2v) is 6.28. The predicted molar refractivity (Wildman–Crippen MR) is 84.2 cm³/mol. The van der Waals surface area contributed by atoms with Crippen molar-refractivity contribution in [2.45, 2.75) is 46.6 Å². The van der Waals surface area contributed by atoms with Gasteiger partial charge in [-0.25, -0.2) is 4.79 Å². The molecule has 0 spiro atoms. The quantitative estimate of drug-likeness (QED) is 0.834. The zero-order valence-electron chi connectivity index (χ0n) is 13.1. The van der Waals surface area contributed by atoms with Gasteiger partial charge in [-0.3, -0.25) is 5.32 Å². The molecule has 0 aliphatic heterocycles. The first-order valence-electron chi connectivity index (χ1n) is 7.11. The molecule has 0 radical (unpaired) electrons. The highest BCUT2D eigenvalue weighted by Crippen LogP contribution is 2.22. The van der Waals surface area contributed by atoms with Crippen molar-refractivity contribution < 1.29 is 9.53 Å². The van der Waals surface area contributed by atoms with Crippen LogP contribution in [0.4, 0.5) is 16.2 Å². The number of rotatable bonds is 5. The molecule has 4 nitrogen and oxygen atoms in total. The first-order valence-corrected chi connectivity index (χ1v) is 7.11. The first kappa shape index (κ1) is 16.3. The third-order valence-corrected chi connectivity index (χ3v) is 2.60. The molecule has 0 bridgehead atoms. The van der Waals surface area contributed by atoms with Crippen LogP contribution in [0.2, 0.25) is 0 Å². The van der Waals surface area contributed by atoms with Crippen molar-refractivity contribution in [2.24, 2.45) is 5.92 Å². The molecule has 0 unspecified atom stereocenters. The molecule has 112 valence electrons. The average molecular weight is 278 g/mol. The molecule has 1 rings (SSSR count). The zero-order valence-corrected chi connectivity index (χ0v) is 13.1. The van der Waals surface area contributed by atoms with Gasteiger partial charge in [0.15, 0.2) is 0 Å². The van der Waals surface area contributed by atoms with Gasteiger partial charge in [0, 0.05) is 6.54 Å². The maximum atomic E-state index is 11.8. The van der Waals surface area contributed by atoms with Crippen LogP contribution >= 0.6 is 0 Å². The fourth-order valence-electron chi connectivity index (χ4n) is 1.66. The smallest absolute Gasteiger partial charge is 0.412 e. The molecule has 0 aliphatic rings. The molecule has 2 N–H and O–H groups in total. The zero-order chi connectivity index (χ0) is 15.2. The summed E-state index contributed by atoms with van der Waals surface area (Å²) in [5.41, 5.74) is 1.16. The van der Waals surface area contributed by atoms with Gasteiger partial charge in [0.2, 0.25) is 0 Å². The summed E-state index contributed by atoms with van der Waals surface area (Å²) in [6.45, 7) is 10.8. The molecule has 1 amide bonds. The van der Waals surface area contributed by atoms with Crippen molar-refractivity contribution in [1.82, 2.24) is 0 Å². The Morgan fingerprint density at radius 2 is 1.80 bits per heavy atom. The lowest BCUT2D eigenvalue weighted by Gasteiger charge is -2.20. The molecule has 1 aromatic carbocycles. The van der Waals surface area contributed by atoms with Crippen LogP contribution in [0.25, 0.3) is 0 Å².